The van der Waals surface area contributed by atoms with Crippen LogP contribution in [0.5, 0.6) is 0 Å². The molecular formula is C8H11N3. The highest BCUT2D eigenvalue weighted by molar-refractivity contribution is 5.85. The first-order valence-corrected chi connectivity index (χ1v) is 3.39. The fraction of sp³-hybridized carbons (Fsp3) is 0.250. The van der Waals surface area contributed by atoms with Crippen molar-refractivity contribution in [2.75, 3.05) is 5.73 Å². The van der Waals surface area contributed by atoms with Gasteiger partial charge in [0.2, 0.25) is 0 Å². The minimum absolute atomic E-state index is 0.433. The molecule has 0 radical (unpaired) electrons. The molecule has 0 aliphatic carbocycles. The van der Waals surface area contributed by atoms with Gasteiger partial charge in [0.05, 0.1) is 0 Å². The molecule has 1 aromatic heterocycles. The van der Waals surface area contributed by atoms with Crippen LogP contribution < -0.4 is 5.73 Å². The molecule has 0 saturated carbocycles. The third-order valence-corrected chi connectivity index (χ3v) is 1.81. The van der Waals surface area contributed by atoms with Crippen molar-refractivity contribution in [1.29, 1.82) is 5.41 Å². The average Bonchev–Trinajstić information content (AvgIpc) is 1.99. The molecule has 1 heterocycles. The van der Waals surface area contributed by atoms with Crippen LogP contribution in [0.2, 0.25) is 0 Å². The Morgan fingerprint density at radius 3 is 2.64 bits per heavy atom. The average molecular weight is 149 g/mol. The maximum Gasteiger partial charge on any atom is 0.132 e. The molecule has 0 bridgehead atoms. The van der Waals surface area contributed by atoms with Gasteiger partial charge in [-0.05, 0) is 25.0 Å². The molecule has 0 aromatic carbocycles. The second-order valence-corrected chi connectivity index (χ2v) is 2.51. The molecule has 0 spiro atoms. The summed E-state index contributed by atoms with van der Waals surface area (Å²) in [5.74, 6) is 0.433. The van der Waals surface area contributed by atoms with Crippen molar-refractivity contribution in [3.05, 3.63) is 22.9 Å². The Labute approximate surface area is 65.8 Å². The van der Waals surface area contributed by atoms with Gasteiger partial charge in [-0.15, -0.1) is 0 Å². The van der Waals surface area contributed by atoms with Gasteiger partial charge in [0, 0.05) is 18.0 Å². The Balaban J connectivity index is 3.40. The van der Waals surface area contributed by atoms with Crippen molar-refractivity contribution in [2.24, 2.45) is 0 Å². The minimum Gasteiger partial charge on any atom is -0.383 e. The monoisotopic (exact) mass is 149 g/mol. The van der Waals surface area contributed by atoms with Crippen LogP contribution in [0.15, 0.2) is 6.20 Å². The maximum absolute atomic E-state index is 7.08. The Morgan fingerprint density at radius 2 is 2.18 bits per heavy atom. The number of nitrogens with zero attached hydrogens (tertiary/aromatic N) is 1. The van der Waals surface area contributed by atoms with Crippen molar-refractivity contribution < 1.29 is 0 Å². The SMILES string of the molecule is Cc1cnc(N)c(C=N)c1C. The second-order valence-electron chi connectivity index (χ2n) is 2.51. The zero-order chi connectivity index (χ0) is 8.43. The number of nitrogens with one attached hydrogen (secondary N) is 1. The van der Waals surface area contributed by atoms with E-state index in [9.17, 15) is 0 Å². The lowest BCUT2D eigenvalue weighted by atomic mass is 10.1. The third kappa shape index (κ3) is 1.22. The summed E-state index contributed by atoms with van der Waals surface area (Å²) in [6.07, 6.45) is 2.96. The fourth-order valence-corrected chi connectivity index (χ4v) is 0.919. The zero-order valence-electron chi connectivity index (χ0n) is 6.68. The second kappa shape index (κ2) is 2.70. The smallest absolute Gasteiger partial charge is 0.132 e. The number of aromatic nitrogens is 1. The van der Waals surface area contributed by atoms with Gasteiger partial charge in [-0.2, -0.15) is 0 Å². The largest absolute Gasteiger partial charge is 0.383 e. The zero-order valence-corrected chi connectivity index (χ0v) is 6.68. The van der Waals surface area contributed by atoms with Gasteiger partial charge in [-0.25, -0.2) is 4.98 Å². The van der Waals surface area contributed by atoms with E-state index in [1.54, 1.807) is 6.20 Å². The normalized spacial score (nSPS) is 9.64. The Hall–Kier alpha value is -1.38. The fourth-order valence-electron chi connectivity index (χ4n) is 0.919. The standard InChI is InChI=1S/C8H11N3/c1-5-4-11-8(10)7(3-9)6(5)2/h3-4,9H,1-2H3,(H2,10,11). The molecule has 0 atom stereocenters. The number of rotatable bonds is 1. The van der Waals surface area contributed by atoms with Crippen LogP contribution in [0.1, 0.15) is 16.7 Å². The summed E-state index contributed by atoms with van der Waals surface area (Å²) in [4.78, 5) is 3.94. The molecule has 3 heteroatoms. The first-order chi connectivity index (χ1) is 5.16. The number of nitrogens with two attached hydrogens (primary N) is 1. The molecule has 1 aromatic rings. The molecule has 1 rings (SSSR count). The van der Waals surface area contributed by atoms with Gasteiger partial charge in [0.1, 0.15) is 5.82 Å². The van der Waals surface area contributed by atoms with Gasteiger partial charge in [-0.3, -0.25) is 0 Å². The van der Waals surface area contributed by atoms with Crippen LogP contribution in [0.25, 0.3) is 0 Å². The van der Waals surface area contributed by atoms with E-state index in [4.69, 9.17) is 11.1 Å². The Morgan fingerprint density at radius 1 is 1.55 bits per heavy atom. The summed E-state index contributed by atoms with van der Waals surface area (Å²) in [7, 11) is 0. The van der Waals surface area contributed by atoms with E-state index in [1.165, 1.54) is 6.21 Å². The predicted octanol–water partition coefficient (Wildman–Crippen LogP) is 1.28. The van der Waals surface area contributed by atoms with Crippen molar-refractivity contribution in [3.8, 4) is 0 Å². The van der Waals surface area contributed by atoms with Gasteiger partial charge in [-0.1, -0.05) is 0 Å². The first kappa shape index (κ1) is 7.72. The van der Waals surface area contributed by atoms with E-state index in [0.29, 0.717) is 5.82 Å². The van der Waals surface area contributed by atoms with Crippen LogP contribution in [-0.4, -0.2) is 11.2 Å². The lowest BCUT2D eigenvalue weighted by Crippen LogP contribution is -2.00. The molecule has 58 valence electrons. The number of aryl methyl sites for hydroxylation is 1. The van der Waals surface area contributed by atoms with Gasteiger partial charge in [0.25, 0.3) is 0 Å². The molecule has 3 N–H and O–H groups in total. The van der Waals surface area contributed by atoms with Gasteiger partial charge in [0.15, 0.2) is 0 Å². The lowest BCUT2D eigenvalue weighted by Gasteiger charge is -2.04. The van der Waals surface area contributed by atoms with E-state index >= 15 is 0 Å². The van der Waals surface area contributed by atoms with Crippen LogP contribution in [0.3, 0.4) is 0 Å². The third-order valence-electron chi connectivity index (χ3n) is 1.81. The first-order valence-electron chi connectivity index (χ1n) is 3.39. The summed E-state index contributed by atoms with van der Waals surface area (Å²) in [6, 6.07) is 0. The highest BCUT2D eigenvalue weighted by atomic mass is 14.8. The van der Waals surface area contributed by atoms with E-state index in [-0.39, 0.29) is 0 Å². The molecule has 0 saturated heterocycles. The summed E-state index contributed by atoms with van der Waals surface area (Å²) in [5.41, 5.74) is 8.37. The van der Waals surface area contributed by atoms with Crippen LogP contribution in [-0.2, 0) is 0 Å². The highest BCUT2D eigenvalue weighted by Crippen LogP contribution is 2.14. The topological polar surface area (TPSA) is 62.8 Å². The van der Waals surface area contributed by atoms with Crippen molar-refractivity contribution in [1.82, 2.24) is 4.98 Å². The number of hydrogen-bond acceptors (Lipinski definition) is 3. The number of nitrogen functional groups attached to an aromatic ring is 1. The Bertz CT molecular complexity index is 292. The number of hydrogen-bond donors (Lipinski definition) is 2. The summed E-state index contributed by atoms with van der Waals surface area (Å²) in [6.45, 7) is 3.89. The van der Waals surface area contributed by atoms with Crippen molar-refractivity contribution >= 4 is 12.0 Å². The quantitative estimate of drug-likeness (QED) is 0.591. The van der Waals surface area contributed by atoms with E-state index in [1.807, 2.05) is 13.8 Å². The van der Waals surface area contributed by atoms with E-state index in [0.717, 1.165) is 16.7 Å². The molecule has 0 amide bonds. The summed E-state index contributed by atoms with van der Waals surface area (Å²) in [5, 5.41) is 7.08. The molecule has 11 heavy (non-hydrogen) atoms. The van der Waals surface area contributed by atoms with Crippen LogP contribution in [0.4, 0.5) is 5.82 Å². The summed E-state index contributed by atoms with van der Waals surface area (Å²) < 4.78 is 0. The molecule has 0 aliphatic rings. The molecule has 0 aliphatic heterocycles. The predicted molar refractivity (Wildman–Crippen MR) is 46.0 cm³/mol. The van der Waals surface area contributed by atoms with Gasteiger partial charge >= 0.3 is 0 Å². The molecular weight excluding hydrogens is 138 g/mol. The van der Waals surface area contributed by atoms with Crippen LogP contribution in [0, 0.1) is 19.3 Å². The number of pyridine rings is 1. The molecule has 0 fully saturated rings. The van der Waals surface area contributed by atoms with E-state index in [2.05, 4.69) is 4.98 Å². The number of anilines is 1. The Kier molecular flexibility index (Phi) is 1.89. The van der Waals surface area contributed by atoms with Gasteiger partial charge < -0.3 is 11.1 Å². The molecule has 3 nitrogen and oxygen atoms in total. The van der Waals surface area contributed by atoms with E-state index < -0.39 is 0 Å². The van der Waals surface area contributed by atoms with Crippen molar-refractivity contribution in [3.63, 3.8) is 0 Å². The molecule has 0 unspecified atom stereocenters. The van der Waals surface area contributed by atoms with Crippen molar-refractivity contribution in [2.45, 2.75) is 13.8 Å². The maximum atomic E-state index is 7.08. The summed E-state index contributed by atoms with van der Waals surface area (Å²) >= 11 is 0. The minimum atomic E-state index is 0.433. The lowest BCUT2D eigenvalue weighted by molar-refractivity contribution is 1.21. The van der Waals surface area contributed by atoms with Crippen LogP contribution >= 0.6 is 0 Å². The highest BCUT2D eigenvalue weighted by Gasteiger charge is 2.02.